The van der Waals surface area contributed by atoms with E-state index in [9.17, 15) is 9.59 Å². The summed E-state index contributed by atoms with van der Waals surface area (Å²) in [6.07, 6.45) is 0. The molecule has 2 aromatic carbocycles. The molecule has 0 radical (unpaired) electrons. The van der Waals surface area contributed by atoms with Gasteiger partial charge in [-0.1, -0.05) is 30.3 Å². The summed E-state index contributed by atoms with van der Waals surface area (Å²) in [5.74, 6) is 0.752. The third-order valence-corrected chi connectivity index (χ3v) is 3.69. The van der Waals surface area contributed by atoms with Crippen LogP contribution in [0.4, 0.5) is 5.69 Å². The van der Waals surface area contributed by atoms with Crippen LogP contribution in [0.3, 0.4) is 0 Å². The van der Waals surface area contributed by atoms with Crippen molar-refractivity contribution >= 4 is 17.5 Å². The number of ether oxygens (including phenoxy) is 1. The van der Waals surface area contributed by atoms with Gasteiger partial charge in [0.1, 0.15) is 12.3 Å². The van der Waals surface area contributed by atoms with E-state index in [1.54, 1.807) is 12.1 Å². The second-order valence-corrected chi connectivity index (χ2v) is 6.14. The lowest BCUT2D eigenvalue weighted by molar-refractivity contribution is -0.123. The molecule has 0 heterocycles. The van der Waals surface area contributed by atoms with Gasteiger partial charge >= 0.3 is 0 Å². The number of para-hydroxylation sites is 3. The molecule has 0 aromatic heterocycles. The number of likely N-dealkylation sites (N-methyl/N-ethyl adjacent to an activating group) is 1. The third-order valence-electron chi connectivity index (χ3n) is 3.69. The monoisotopic (exact) mass is 355 g/mol. The van der Waals surface area contributed by atoms with Gasteiger partial charge in [0.2, 0.25) is 11.8 Å². The van der Waals surface area contributed by atoms with Gasteiger partial charge in [-0.2, -0.15) is 0 Å². The summed E-state index contributed by atoms with van der Waals surface area (Å²) in [5, 5.41) is 2.82. The molecule has 0 bridgehead atoms. The van der Waals surface area contributed by atoms with Gasteiger partial charge in [0, 0.05) is 20.0 Å². The van der Waals surface area contributed by atoms with E-state index >= 15 is 0 Å². The van der Waals surface area contributed by atoms with Crippen LogP contribution >= 0.6 is 0 Å². The zero-order valence-electron chi connectivity index (χ0n) is 15.4. The molecule has 2 amide bonds. The zero-order valence-corrected chi connectivity index (χ0v) is 15.4. The van der Waals surface area contributed by atoms with Crippen LogP contribution in [0.5, 0.6) is 11.5 Å². The fraction of sp³-hybridized carbons (Fsp3) is 0.300. The summed E-state index contributed by atoms with van der Waals surface area (Å²) in [6, 6.07) is 16.5. The molecule has 0 aliphatic carbocycles. The number of rotatable bonds is 8. The highest BCUT2D eigenvalue weighted by atomic mass is 16.5. The average Bonchev–Trinajstić information content (AvgIpc) is 2.61. The molecular formula is C20H25N3O3. The van der Waals surface area contributed by atoms with Gasteiger partial charge in [-0.25, -0.2) is 0 Å². The molecule has 0 spiro atoms. The number of amides is 2. The molecule has 6 heteroatoms. The first-order valence-electron chi connectivity index (χ1n) is 8.49. The minimum absolute atomic E-state index is 0.0576. The second kappa shape index (κ2) is 9.58. The summed E-state index contributed by atoms with van der Waals surface area (Å²) in [6.45, 7) is 2.64. The minimum Gasteiger partial charge on any atom is -0.455 e. The van der Waals surface area contributed by atoms with Gasteiger partial charge in [0.15, 0.2) is 5.75 Å². The van der Waals surface area contributed by atoms with E-state index in [1.807, 2.05) is 61.5 Å². The summed E-state index contributed by atoms with van der Waals surface area (Å²) < 4.78 is 5.90. The number of carbonyl (C=O) groups excluding carboxylic acids is 2. The molecule has 1 N–H and O–H groups in total. The Balaban J connectivity index is 2.14. The molecule has 0 atom stereocenters. The highest BCUT2D eigenvalue weighted by molar-refractivity contribution is 5.98. The van der Waals surface area contributed by atoms with Crippen LogP contribution in [-0.4, -0.2) is 50.4 Å². The Hall–Kier alpha value is -2.86. The normalized spacial score (nSPS) is 10.5. The van der Waals surface area contributed by atoms with Crippen molar-refractivity contribution in [1.82, 2.24) is 10.2 Å². The number of hydrogen-bond donors (Lipinski definition) is 1. The Morgan fingerprint density at radius 3 is 2.31 bits per heavy atom. The van der Waals surface area contributed by atoms with E-state index in [0.717, 1.165) is 6.54 Å². The highest BCUT2D eigenvalue weighted by Gasteiger charge is 2.19. The molecule has 6 nitrogen and oxygen atoms in total. The van der Waals surface area contributed by atoms with Gasteiger partial charge in [-0.05, 0) is 38.4 Å². The first kappa shape index (κ1) is 19.5. The first-order chi connectivity index (χ1) is 12.5. The van der Waals surface area contributed by atoms with Crippen LogP contribution in [0, 0.1) is 0 Å². The van der Waals surface area contributed by atoms with E-state index in [0.29, 0.717) is 23.7 Å². The van der Waals surface area contributed by atoms with Gasteiger partial charge in [-0.3, -0.25) is 14.5 Å². The smallest absolute Gasteiger partial charge is 0.240 e. The SMILES string of the molecule is CC(=O)N(CC(=O)NCCN(C)C)c1ccccc1Oc1ccccc1. The molecule has 0 fully saturated rings. The van der Waals surface area contributed by atoms with Crippen LogP contribution in [0.1, 0.15) is 6.92 Å². The zero-order chi connectivity index (χ0) is 18.9. The van der Waals surface area contributed by atoms with Gasteiger partial charge < -0.3 is 15.0 Å². The lowest BCUT2D eigenvalue weighted by atomic mass is 10.2. The second-order valence-electron chi connectivity index (χ2n) is 6.14. The van der Waals surface area contributed by atoms with Gasteiger partial charge in [0.25, 0.3) is 0 Å². The van der Waals surface area contributed by atoms with Crippen molar-refractivity contribution in [2.45, 2.75) is 6.92 Å². The highest BCUT2D eigenvalue weighted by Crippen LogP contribution is 2.32. The summed E-state index contributed by atoms with van der Waals surface area (Å²) in [7, 11) is 3.87. The van der Waals surface area contributed by atoms with Gasteiger partial charge in [-0.15, -0.1) is 0 Å². The molecule has 0 saturated heterocycles. The first-order valence-corrected chi connectivity index (χ1v) is 8.49. The van der Waals surface area contributed by atoms with E-state index in [1.165, 1.54) is 11.8 Å². The van der Waals surface area contributed by atoms with Crippen molar-refractivity contribution in [2.24, 2.45) is 0 Å². The number of hydrogen-bond acceptors (Lipinski definition) is 4. The van der Waals surface area contributed by atoms with Crippen LogP contribution in [0.25, 0.3) is 0 Å². The Bertz CT molecular complexity index is 732. The summed E-state index contributed by atoms with van der Waals surface area (Å²) in [4.78, 5) is 27.8. The number of benzene rings is 2. The largest absolute Gasteiger partial charge is 0.455 e. The summed E-state index contributed by atoms with van der Waals surface area (Å²) in [5.41, 5.74) is 0.562. The number of anilines is 1. The average molecular weight is 355 g/mol. The van der Waals surface area contributed by atoms with E-state index < -0.39 is 0 Å². The van der Waals surface area contributed by atoms with Crippen LogP contribution < -0.4 is 15.0 Å². The van der Waals surface area contributed by atoms with Crippen molar-refractivity contribution in [3.63, 3.8) is 0 Å². The Morgan fingerprint density at radius 2 is 1.65 bits per heavy atom. The minimum atomic E-state index is -0.225. The molecular weight excluding hydrogens is 330 g/mol. The number of nitrogens with zero attached hydrogens (tertiary/aromatic N) is 2. The molecule has 26 heavy (non-hydrogen) atoms. The lowest BCUT2D eigenvalue weighted by Crippen LogP contribution is -2.41. The topological polar surface area (TPSA) is 61.9 Å². The van der Waals surface area contributed by atoms with Crippen LogP contribution in [0.2, 0.25) is 0 Å². The Kier molecular flexibility index (Phi) is 7.17. The van der Waals surface area contributed by atoms with Gasteiger partial charge in [0.05, 0.1) is 5.69 Å². The quantitative estimate of drug-likeness (QED) is 0.790. The lowest BCUT2D eigenvalue weighted by Gasteiger charge is -2.23. The molecule has 2 aromatic rings. The van der Waals surface area contributed by atoms with Crippen molar-refractivity contribution in [1.29, 1.82) is 0 Å². The maximum absolute atomic E-state index is 12.2. The molecule has 138 valence electrons. The molecule has 0 unspecified atom stereocenters. The molecule has 0 aliphatic rings. The maximum atomic E-state index is 12.2. The fourth-order valence-corrected chi connectivity index (χ4v) is 2.37. The van der Waals surface area contributed by atoms with Crippen LogP contribution in [0.15, 0.2) is 54.6 Å². The predicted molar refractivity (Wildman–Crippen MR) is 103 cm³/mol. The van der Waals surface area contributed by atoms with E-state index in [2.05, 4.69) is 5.32 Å². The van der Waals surface area contributed by atoms with Crippen molar-refractivity contribution in [3.05, 3.63) is 54.6 Å². The molecule has 2 rings (SSSR count). The number of nitrogens with one attached hydrogen (secondary N) is 1. The van der Waals surface area contributed by atoms with Crippen LogP contribution in [-0.2, 0) is 9.59 Å². The standard InChI is InChI=1S/C20H25N3O3/c1-16(24)23(15-20(25)21-13-14-22(2)3)18-11-7-8-12-19(18)26-17-9-5-4-6-10-17/h4-12H,13-15H2,1-3H3,(H,21,25). The van der Waals surface area contributed by atoms with E-state index in [-0.39, 0.29) is 18.4 Å². The number of carbonyl (C=O) groups is 2. The van der Waals surface area contributed by atoms with E-state index in [4.69, 9.17) is 4.74 Å². The maximum Gasteiger partial charge on any atom is 0.240 e. The predicted octanol–water partition coefficient (Wildman–Crippen LogP) is 2.51. The molecule has 0 saturated carbocycles. The Morgan fingerprint density at radius 1 is 1.00 bits per heavy atom. The van der Waals surface area contributed by atoms with Crippen molar-refractivity contribution < 1.29 is 14.3 Å². The fourth-order valence-electron chi connectivity index (χ4n) is 2.37. The molecule has 0 aliphatic heterocycles. The van der Waals surface area contributed by atoms with Crippen molar-refractivity contribution in [3.8, 4) is 11.5 Å². The Labute approximate surface area is 154 Å². The van der Waals surface area contributed by atoms with Crippen molar-refractivity contribution in [2.75, 3.05) is 38.6 Å². The summed E-state index contributed by atoms with van der Waals surface area (Å²) >= 11 is 0. The third kappa shape index (κ3) is 5.89.